The number of hydrogen-bond donors (Lipinski definition) is 2. The van der Waals surface area contributed by atoms with Crippen LogP contribution in [-0.2, 0) is 11.2 Å². The number of aromatic nitrogens is 1. The lowest BCUT2D eigenvalue weighted by atomic mass is 10.0. The molecule has 1 aromatic carbocycles. The van der Waals surface area contributed by atoms with Crippen LogP contribution in [0.5, 0.6) is 0 Å². The number of Topliss-reactive ketones (excluding diaryl/α,β-unsaturated/α-hetero) is 1. The Morgan fingerprint density at radius 1 is 1.08 bits per heavy atom. The second kappa shape index (κ2) is 8.19. The maximum absolute atomic E-state index is 12.5. The van der Waals surface area contributed by atoms with E-state index in [1.807, 2.05) is 6.07 Å². The molecule has 2 amide bonds. The number of nitrogens with one attached hydrogen (secondary N) is 1. The zero-order chi connectivity index (χ0) is 18.4. The van der Waals surface area contributed by atoms with Gasteiger partial charge in [-0.2, -0.15) is 0 Å². The maximum Gasteiger partial charge on any atom is 0.270 e. The Balaban J connectivity index is 2.21. The number of rotatable bonds is 7. The number of nitrogens with two attached hydrogens (primary N) is 1. The second-order valence-electron chi connectivity index (χ2n) is 6.07. The van der Waals surface area contributed by atoms with Crippen molar-refractivity contribution >= 4 is 17.6 Å². The molecule has 0 bridgehead atoms. The van der Waals surface area contributed by atoms with E-state index in [1.54, 1.807) is 50.2 Å². The molecule has 3 N–H and O–H groups in total. The fourth-order valence-electron chi connectivity index (χ4n) is 2.46. The van der Waals surface area contributed by atoms with E-state index in [4.69, 9.17) is 5.73 Å². The number of primary amides is 1. The number of amides is 2. The van der Waals surface area contributed by atoms with Gasteiger partial charge in [-0.15, -0.1) is 0 Å². The summed E-state index contributed by atoms with van der Waals surface area (Å²) in [6, 6.07) is 11.4. The molecule has 0 saturated carbocycles. The van der Waals surface area contributed by atoms with Crippen molar-refractivity contribution in [1.82, 2.24) is 10.3 Å². The highest BCUT2D eigenvalue weighted by atomic mass is 16.2. The van der Waals surface area contributed by atoms with Gasteiger partial charge < -0.3 is 11.1 Å². The maximum atomic E-state index is 12.5. The molecule has 2 aromatic rings. The van der Waals surface area contributed by atoms with Gasteiger partial charge in [0.1, 0.15) is 11.7 Å². The molecule has 0 fully saturated rings. The van der Waals surface area contributed by atoms with Gasteiger partial charge in [0, 0.05) is 18.2 Å². The molecule has 0 aliphatic heterocycles. The highest BCUT2D eigenvalue weighted by Gasteiger charge is 2.24. The Morgan fingerprint density at radius 3 is 2.36 bits per heavy atom. The fraction of sp³-hybridized carbons (Fsp3) is 0.263. The second-order valence-corrected chi connectivity index (χ2v) is 6.07. The molecule has 6 nitrogen and oxygen atoms in total. The average molecular weight is 339 g/mol. The molecule has 130 valence electrons. The summed E-state index contributed by atoms with van der Waals surface area (Å²) in [5.41, 5.74) is 6.52. The highest BCUT2D eigenvalue weighted by Crippen LogP contribution is 2.12. The highest BCUT2D eigenvalue weighted by molar-refractivity contribution is 6.01. The van der Waals surface area contributed by atoms with Crippen molar-refractivity contribution in [2.24, 2.45) is 11.7 Å². The average Bonchev–Trinajstić information content (AvgIpc) is 2.60. The van der Waals surface area contributed by atoms with Crippen molar-refractivity contribution in [2.45, 2.75) is 26.3 Å². The number of nitrogens with zero attached hydrogens (tertiary/aromatic N) is 1. The third kappa shape index (κ3) is 4.73. The van der Waals surface area contributed by atoms with Crippen LogP contribution in [0.4, 0.5) is 0 Å². The van der Waals surface area contributed by atoms with Crippen molar-refractivity contribution in [3.05, 3.63) is 65.5 Å². The molecular weight excluding hydrogens is 318 g/mol. The SMILES string of the molecule is CC(C)C(NC(=O)c1ncccc1CC(=O)c1ccccc1)C(N)=O. The van der Waals surface area contributed by atoms with Crippen molar-refractivity contribution in [2.75, 3.05) is 0 Å². The molecule has 6 heteroatoms. The molecule has 0 saturated heterocycles. The summed E-state index contributed by atoms with van der Waals surface area (Å²) in [5.74, 6) is -1.40. The molecule has 2 rings (SSSR count). The van der Waals surface area contributed by atoms with Gasteiger partial charge >= 0.3 is 0 Å². The van der Waals surface area contributed by atoms with Crippen LogP contribution in [0.25, 0.3) is 0 Å². The van der Waals surface area contributed by atoms with E-state index in [9.17, 15) is 14.4 Å². The zero-order valence-electron chi connectivity index (χ0n) is 14.2. The topological polar surface area (TPSA) is 102 Å². The minimum Gasteiger partial charge on any atom is -0.368 e. The van der Waals surface area contributed by atoms with Gasteiger partial charge in [0.2, 0.25) is 5.91 Å². The van der Waals surface area contributed by atoms with E-state index >= 15 is 0 Å². The minimum absolute atomic E-state index is 0.0452. The Hall–Kier alpha value is -3.02. The van der Waals surface area contributed by atoms with E-state index in [2.05, 4.69) is 10.3 Å². The summed E-state index contributed by atoms with van der Waals surface area (Å²) < 4.78 is 0. The predicted molar refractivity (Wildman–Crippen MR) is 94.0 cm³/mol. The number of pyridine rings is 1. The monoisotopic (exact) mass is 339 g/mol. The van der Waals surface area contributed by atoms with Crippen LogP contribution in [0, 0.1) is 5.92 Å². The van der Waals surface area contributed by atoms with Crippen molar-refractivity contribution in [3.63, 3.8) is 0 Å². The molecule has 1 unspecified atom stereocenters. The molecule has 0 aliphatic rings. The lowest BCUT2D eigenvalue weighted by Gasteiger charge is -2.19. The molecular formula is C19H21N3O3. The molecule has 0 spiro atoms. The first-order valence-corrected chi connectivity index (χ1v) is 8.02. The van der Waals surface area contributed by atoms with E-state index in [1.165, 1.54) is 6.20 Å². The predicted octanol–water partition coefficient (Wildman–Crippen LogP) is 1.75. The van der Waals surface area contributed by atoms with Gasteiger partial charge in [-0.25, -0.2) is 0 Å². The van der Waals surface area contributed by atoms with Crippen LogP contribution in [0.2, 0.25) is 0 Å². The fourth-order valence-corrected chi connectivity index (χ4v) is 2.46. The molecule has 1 atom stereocenters. The van der Waals surface area contributed by atoms with Crippen LogP contribution in [-0.4, -0.2) is 28.6 Å². The standard InChI is InChI=1S/C19H21N3O3/c1-12(2)16(18(20)24)22-19(25)17-14(9-6-10-21-17)11-15(23)13-7-4-3-5-8-13/h3-10,12,16H,11H2,1-2H3,(H2,20,24)(H,22,25). The molecule has 0 aliphatic carbocycles. The van der Waals surface area contributed by atoms with Crippen LogP contribution in [0.15, 0.2) is 48.7 Å². The molecule has 1 heterocycles. The molecule has 25 heavy (non-hydrogen) atoms. The van der Waals surface area contributed by atoms with Gasteiger partial charge in [0.15, 0.2) is 5.78 Å². The Morgan fingerprint density at radius 2 is 1.76 bits per heavy atom. The van der Waals surface area contributed by atoms with Crippen molar-refractivity contribution in [1.29, 1.82) is 0 Å². The quantitative estimate of drug-likeness (QED) is 0.750. The van der Waals surface area contributed by atoms with Gasteiger partial charge in [0.05, 0.1) is 0 Å². The van der Waals surface area contributed by atoms with Crippen LogP contribution < -0.4 is 11.1 Å². The molecule has 1 aromatic heterocycles. The minimum atomic E-state index is -0.799. The Bertz CT molecular complexity index is 772. The number of hydrogen-bond acceptors (Lipinski definition) is 4. The van der Waals surface area contributed by atoms with Crippen molar-refractivity contribution in [3.8, 4) is 0 Å². The number of carbonyl (C=O) groups excluding carboxylic acids is 3. The van der Waals surface area contributed by atoms with E-state index < -0.39 is 17.9 Å². The number of carbonyl (C=O) groups is 3. The molecule has 0 radical (unpaired) electrons. The van der Waals surface area contributed by atoms with Crippen LogP contribution in [0.1, 0.15) is 40.3 Å². The van der Waals surface area contributed by atoms with E-state index in [0.717, 1.165) is 0 Å². The summed E-state index contributed by atoms with van der Waals surface area (Å²) in [6.07, 6.45) is 1.52. The number of benzene rings is 1. The smallest absolute Gasteiger partial charge is 0.270 e. The third-order valence-electron chi connectivity index (χ3n) is 3.81. The first kappa shape index (κ1) is 18.3. The largest absolute Gasteiger partial charge is 0.368 e. The van der Waals surface area contributed by atoms with E-state index in [-0.39, 0.29) is 23.8 Å². The van der Waals surface area contributed by atoms with Crippen LogP contribution >= 0.6 is 0 Å². The van der Waals surface area contributed by atoms with Gasteiger partial charge in [-0.05, 0) is 17.5 Å². The Labute approximate surface area is 146 Å². The summed E-state index contributed by atoms with van der Waals surface area (Å²) in [7, 11) is 0. The summed E-state index contributed by atoms with van der Waals surface area (Å²) >= 11 is 0. The lowest BCUT2D eigenvalue weighted by molar-refractivity contribution is -0.120. The zero-order valence-corrected chi connectivity index (χ0v) is 14.2. The van der Waals surface area contributed by atoms with Crippen molar-refractivity contribution < 1.29 is 14.4 Å². The van der Waals surface area contributed by atoms with Crippen LogP contribution in [0.3, 0.4) is 0 Å². The summed E-state index contributed by atoms with van der Waals surface area (Å²) in [4.78, 5) is 40.5. The Kier molecular flexibility index (Phi) is 6.00. The lowest BCUT2D eigenvalue weighted by Crippen LogP contribution is -2.48. The number of ketones is 1. The summed E-state index contributed by atoms with van der Waals surface area (Å²) in [6.45, 7) is 3.57. The first-order valence-electron chi connectivity index (χ1n) is 8.02. The van der Waals surface area contributed by atoms with Gasteiger partial charge in [-0.1, -0.05) is 50.2 Å². The first-order chi connectivity index (χ1) is 11.9. The summed E-state index contributed by atoms with van der Waals surface area (Å²) in [5, 5.41) is 2.60. The van der Waals surface area contributed by atoms with E-state index in [0.29, 0.717) is 11.1 Å². The van der Waals surface area contributed by atoms with Gasteiger partial charge in [0.25, 0.3) is 5.91 Å². The van der Waals surface area contributed by atoms with Gasteiger partial charge in [-0.3, -0.25) is 19.4 Å². The normalized spacial score (nSPS) is 11.8. The third-order valence-corrected chi connectivity index (χ3v) is 3.81.